The molecule has 0 fully saturated rings. The molecule has 3 nitrogen and oxygen atoms in total. The number of rotatable bonds is 3. The third-order valence-corrected chi connectivity index (χ3v) is 3.24. The SMILES string of the molecule is CNCc1ccc(F)c(-c2cn(C)nc2C(C)(C)C)c1. The molecule has 0 aliphatic heterocycles. The third kappa shape index (κ3) is 2.90. The van der Waals surface area contributed by atoms with Crippen molar-refractivity contribution in [3.8, 4) is 11.1 Å². The van der Waals surface area contributed by atoms with Crippen LogP contribution < -0.4 is 5.32 Å². The van der Waals surface area contributed by atoms with Crippen LogP contribution >= 0.6 is 0 Å². The molecule has 0 saturated heterocycles. The summed E-state index contributed by atoms with van der Waals surface area (Å²) in [6.07, 6.45) is 1.89. The highest BCUT2D eigenvalue weighted by Crippen LogP contribution is 2.33. The fourth-order valence-electron chi connectivity index (χ4n) is 2.33. The number of nitrogens with one attached hydrogen (secondary N) is 1. The second kappa shape index (κ2) is 5.37. The summed E-state index contributed by atoms with van der Waals surface area (Å²) in [5.74, 6) is -0.205. The summed E-state index contributed by atoms with van der Waals surface area (Å²) in [6, 6.07) is 5.24. The fourth-order valence-corrected chi connectivity index (χ4v) is 2.33. The van der Waals surface area contributed by atoms with E-state index in [1.807, 2.05) is 32.4 Å². The predicted octanol–water partition coefficient (Wildman–Crippen LogP) is 3.24. The number of nitrogens with zero attached hydrogens (tertiary/aromatic N) is 2. The normalized spacial score (nSPS) is 11.9. The average molecular weight is 275 g/mol. The maximum atomic E-state index is 14.2. The topological polar surface area (TPSA) is 29.9 Å². The zero-order valence-electron chi connectivity index (χ0n) is 12.8. The Morgan fingerprint density at radius 3 is 2.55 bits per heavy atom. The molecule has 0 aliphatic carbocycles. The minimum absolute atomic E-state index is 0.123. The van der Waals surface area contributed by atoms with Crippen molar-refractivity contribution in [3.05, 3.63) is 41.5 Å². The average Bonchev–Trinajstić information content (AvgIpc) is 2.74. The van der Waals surface area contributed by atoms with Crippen LogP contribution in [0.15, 0.2) is 24.4 Å². The number of halogens is 1. The zero-order chi connectivity index (χ0) is 14.9. The highest BCUT2D eigenvalue weighted by Gasteiger charge is 2.24. The van der Waals surface area contributed by atoms with Crippen molar-refractivity contribution in [3.63, 3.8) is 0 Å². The van der Waals surface area contributed by atoms with Crippen LogP contribution in [0.25, 0.3) is 11.1 Å². The largest absolute Gasteiger partial charge is 0.316 e. The molecule has 108 valence electrons. The van der Waals surface area contributed by atoms with Gasteiger partial charge in [-0.05, 0) is 24.7 Å². The van der Waals surface area contributed by atoms with Gasteiger partial charge >= 0.3 is 0 Å². The molecule has 1 heterocycles. The molecule has 1 N–H and O–H groups in total. The Morgan fingerprint density at radius 2 is 1.95 bits per heavy atom. The van der Waals surface area contributed by atoms with Crippen molar-refractivity contribution >= 4 is 0 Å². The summed E-state index contributed by atoms with van der Waals surface area (Å²) in [6.45, 7) is 6.99. The maximum Gasteiger partial charge on any atom is 0.131 e. The van der Waals surface area contributed by atoms with E-state index in [0.29, 0.717) is 5.56 Å². The lowest BCUT2D eigenvalue weighted by Gasteiger charge is -2.18. The van der Waals surface area contributed by atoms with E-state index >= 15 is 0 Å². The van der Waals surface area contributed by atoms with Gasteiger partial charge in [-0.1, -0.05) is 26.8 Å². The summed E-state index contributed by atoms with van der Waals surface area (Å²) in [4.78, 5) is 0. The molecule has 0 spiro atoms. The van der Waals surface area contributed by atoms with Crippen molar-refractivity contribution < 1.29 is 4.39 Å². The van der Waals surface area contributed by atoms with Gasteiger partial charge in [0.15, 0.2) is 0 Å². The number of benzene rings is 1. The highest BCUT2D eigenvalue weighted by atomic mass is 19.1. The van der Waals surface area contributed by atoms with Crippen molar-refractivity contribution in [1.29, 1.82) is 0 Å². The van der Waals surface area contributed by atoms with E-state index < -0.39 is 0 Å². The third-order valence-electron chi connectivity index (χ3n) is 3.24. The lowest BCUT2D eigenvalue weighted by atomic mass is 9.87. The van der Waals surface area contributed by atoms with Gasteiger partial charge in [0.05, 0.1) is 5.69 Å². The van der Waals surface area contributed by atoms with E-state index in [0.717, 1.165) is 23.4 Å². The maximum absolute atomic E-state index is 14.2. The summed E-state index contributed by atoms with van der Waals surface area (Å²) in [7, 11) is 3.75. The van der Waals surface area contributed by atoms with Crippen LogP contribution in [0.5, 0.6) is 0 Å². The van der Waals surface area contributed by atoms with Crippen LogP contribution in [0.2, 0.25) is 0 Å². The molecule has 2 rings (SSSR count). The smallest absolute Gasteiger partial charge is 0.131 e. The molecule has 0 radical (unpaired) electrons. The van der Waals surface area contributed by atoms with Crippen molar-refractivity contribution in [1.82, 2.24) is 15.1 Å². The molecule has 0 atom stereocenters. The first-order valence-electron chi connectivity index (χ1n) is 6.80. The zero-order valence-corrected chi connectivity index (χ0v) is 12.8. The molecule has 0 bridgehead atoms. The summed E-state index contributed by atoms with van der Waals surface area (Å²) in [5.41, 5.74) is 3.35. The molecule has 0 unspecified atom stereocenters. The van der Waals surface area contributed by atoms with Crippen LogP contribution in [0.3, 0.4) is 0 Å². The van der Waals surface area contributed by atoms with Crippen LogP contribution in [-0.2, 0) is 19.0 Å². The summed E-state index contributed by atoms with van der Waals surface area (Å²) < 4.78 is 16.0. The number of hydrogen-bond acceptors (Lipinski definition) is 2. The summed E-state index contributed by atoms with van der Waals surface area (Å²) >= 11 is 0. The van der Waals surface area contributed by atoms with Gasteiger partial charge in [0.1, 0.15) is 5.82 Å². The van der Waals surface area contributed by atoms with Gasteiger partial charge in [-0.2, -0.15) is 5.10 Å². The van der Waals surface area contributed by atoms with Crippen molar-refractivity contribution in [2.75, 3.05) is 7.05 Å². The van der Waals surface area contributed by atoms with E-state index in [2.05, 4.69) is 31.2 Å². The molecule has 0 aliphatic rings. The molecule has 20 heavy (non-hydrogen) atoms. The van der Waals surface area contributed by atoms with E-state index in [9.17, 15) is 4.39 Å². The van der Waals surface area contributed by atoms with E-state index in [1.165, 1.54) is 6.07 Å². The quantitative estimate of drug-likeness (QED) is 0.932. The predicted molar refractivity (Wildman–Crippen MR) is 80.1 cm³/mol. The lowest BCUT2D eigenvalue weighted by molar-refractivity contribution is 0.553. The number of aryl methyl sites for hydroxylation is 1. The monoisotopic (exact) mass is 275 g/mol. The summed E-state index contributed by atoms with van der Waals surface area (Å²) in [5, 5.41) is 7.60. The molecular formula is C16H22FN3. The molecule has 0 amide bonds. The van der Waals surface area contributed by atoms with Gasteiger partial charge < -0.3 is 5.32 Å². The highest BCUT2D eigenvalue weighted by molar-refractivity contribution is 5.68. The van der Waals surface area contributed by atoms with E-state index in [-0.39, 0.29) is 11.2 Å². The lowest BCUT2D eigenvalue weighted by Crippen LogP contribution is -2.14. The van der Waals surface area contributed by atoms with Gasteiger partial charge in [0, 0.05) is 36.3 Å². The first-order chi connectivity index (χ1) is 9.32. The Labute approximate surface area is 119 Å². The first kappa shape index (κ1) is 14.7. The number of hydrogen-bond donors (Lipinski definition) is 1. The van der Waals surface area contributed by atoms with Crippen molar-refractivity contribution in [2.45, 2.75) is 32.7 Å². The van der Waals surface area contributed by atoms with Gasteiger partial charge in [-0.15, -0.1) is 0 Å². The van der Waals surface area contributed by atoms with Crippen LogP contribution in [0.1, 0.15) is 32.0 Å². The standard InChI is InChI=1S/C16H22FN3/c1-16(2,3)15-13(10-20(5)19-15)12-8-11(9-18-4)6-7-14(12)17/h6-8,10,18H,9H2,1-5H3. The molecule has 1 aromatic heterocycles. The molecular weight excluding hydrogens is 253 g/mol. The molecule has 2 aromatic rings. The second-order valence-electron chi connectivity index (χ2n) is 6.16. The van der Waals surface area contributed by atoms with Gasteiger partial charge in [0.2, 0.25) is 0 Å². The minimum Gasteiger partial charge on any atom is -0.316 e. The molecule has 4 heteroatoms. The van der Waals surface area contributed by atoms with E-state index in [4.69, 9.17) is 0 Å². The second-order valence-corrected chi connectivity index (χ2v) is 6.16. The van der Waals surface area contributed by atoms with Crippen LogP contribution in [0.4, 0.5) is 4.39 Å². The van der Waals surface area contributed by atoms with Crippen molar-refractivity contribution in [2.24, 2.45) is 7.05 Å². The fraction of sp³-hybridized carbons (Fsp3) is 0.438. The Balaban J connectivity index is 2.59. The van der Waals surface area contributed by atoms with Gasteiger partial charge in [-0.25, -0.2) is 4.39 Å². The van der Waals surface area contributed by atoms with Crippen LogP contribution in [0, 0.1) is 5.82 Å². The number of aromatic nitrogens is 2. The van der Waals surface area contributed by atoms with Crippen LogP contribution in [-0.4, -0.2) is 16.8 Å². The first-order valence-corrected chi connectivity index (χ1v) is 6.80. The Morgan fingerprint density at radius 1 is 1.25 bits per heavy atom. The van der Waals surface area contributed by atoms with E-state index in [1.54, 1.807) is 4.68 Å². The van der Waals surface area contributed by atoms with Gasteiger partial charge in [0.25, 0.3) is 0 Å². The Kier molecular flexibility index (Phi) is 3.95. The molecule has 0 saturated carbocycles. The molecule has 1 aromatic carbocycles. The Bertz CT molecular complexity index is 609. The minimum atomic E-state index is -0.205. The van der Waals surface area contributed by atoms with Gasteiger partial charge in [-0.3, -0.25) is 4.68 Å². The Hall–Kier alpha value is -1.68.